The van der Waals surface area contributed by atoms with E-state index in [1.807, 2.05) is 30.3 Å². The lowest BCUT2D eigenvalue weighted by Gasteiger charge is -2.03. The molecule has 3 heteroatoms. The topological polar surface area (TPSA) is 46.3 Å². The first-order valence-corrected chi connectivity index (χ1v) is 4.96. The third-order valence-corrected chi connectivity index (χ3v) is 2.55. The van der Waals surface area contributed by atoms with Gasteiger partial charge < -0.3 is 9.52 Å². The van der Waals surface area contributed by atoms with Gasteiger partial charge in [-0.2, -0.15) is 0 Å². The first-order valence-electron chi connectivity index (χ1n) is 4.96. The fourth-order valence-electron chi connectivity index (χ4n) is 1.74. The SMILES string of the molecule is Oc1ccccc1-c1ccc2ocnc2c1. The molecule has 0 aliphatic rings. The van der Waals surface area contributed by atoms with Crippen molar-refractivity contribution in [1.29, 1.82) is 0 Å². The molecule has 0 fully saturated rings. The minimum Gasteiger partial charge on any atom is -0.507 e. The molecule has 2 aromatic carbocycles. The van der Waals surface area contributed by atoms with Crippen molar-refractivity contribution in [2.24, 2.45) is 0 Å². The molecule has 3 aromatic rings. The van der Waals surface area contributed by atoms with E-state index in [-0.39, 0.29) is 5.75 Å². The molecular weight excluding hydrogens is 202 g/mol. The highest BCUT2D eigenvalue weighted by Crippen LogP contribution is 2.30. The molecule has 0 saturated heterocycles. The number of aromatic nitrogens is 1. The van der Waals surface area contributed by atoms with Crippen molar-refractivity contribution in [3.05, 3.63) is 48.9 Å². The molecule has 78 valence electrons. The molecule has 0 saturated carbocycles. The third kappa shape index (κ3) is 1.34. The van der Waals surface area contributed by atoms with E-state index in [9.17, 15) is 5.11 Å². The van der Waals surface area contributed by atoms with Crippen LogP contribution in [0.4, 0.5) is 0 Å². The van der Waals surface area contributed by atoms with Gasteiger partial charge in [0.05, 0.1) is 0 Å². The Morgan fingerprint density at radius 3 is 2.81 bits per heavy atom. The largest absolute Gasteiger partial charge is 0.507 e. The van der Waals surface area contributed by atoms with Crippen LogP contribution < -0.4 is 0 Å². The first-order chi connectivity index (χ1) is 7.84. The van der Waals surface area contributed by atoms with E-state index < -0.39 is 0 Å². The molecular formula is C13H9NO2. The van der Waals surface area contributed by atoms with E-state index in [0.717, 1.165) is 22.2 Å². The minimum absolute atomic E-state index is 0.269. The minimum atomic E-state index is 0.269. The lowest BCUT2D eigenvalue weighted by Crippen LogP contribution is -1.78. The van der Waals surface area contributed by atoms with E-state index in [0.29, 0.717) is 0 Å². The number of aromatic hydroxyl groups is 1. The van der Waals surface area contributed by atoms with E-state index in [1.54, 1.807) is 12.1 Å². The fraction of sp³-hybridized carbons (Fsp3) is 0. The molecule has 0 bridgehead atoms. The summed E-state index contributed by atoms with van der Waals surface area (Å²) < 4.78 is 5.17. The zero-order valence-corrected chi connectivity index (χ0v) is 8.42. The van der Waals surface area contributed by atoms with Crippen molar-refractivity contribution in [1.82, 2.24) is 4.98 Å². The summed E-state index contributed by atoms with van der Waals surface area (Å²) in [5.74, 6) is 0.269. The van der Waals surface area contributed by atoms with Crippen LogP contribution in [0.5, 0.6) is 5.75 Å². The van der Waals surface area contributed by atoms with Gasteiger partial charge in [0.25, 0.3) is 0 Å². The van der Waals surface area contributed by atoms with Crippen LogP contribution in [-0.4, -0.2) is 10.1 Å². The molecule has 0 unspecified atom stereocenters. The van der Waals surface area contributed by atoms with E-state index in [4.69, 9.17) is 4.42 Å². The first kappa shape index (κ1) is 8.97. The normalized spacial score (nSPS) is 10.8. The molecule has 0 atom stereocenters. The number of phenols is 1. The van der Waals surface area contributed by atoms with Crippen molar-refractivity contribution < 1.29 is 9.52 Å². The van der Waals surface area contributed by atoms with Crippen molar-refractivity contribution in [3.8, 4) is 16.9 Å². The fourth-order valence-corrected chi connectivity index (χ4v) is 1.74. The van der Waals surface area contributed by atoms with Crippen LogP contribution in [0.1, 0.15) is 0 Å². The number of nitrogens with zero attached hydrogens (tertiary/aromatic N) is 1. The lowest BCUT2D eigenvalue weighted by molar-refractivity contribution is 0.477. The summed E-state index contributed by atoms with van der Waals surface area (Å²) >= 11 is 0. The van der Waals surface area contributed by atoms with Gasteiger partial charge in [0.2, 0.25) is 0 Å². The Bertz CT molecular complexity index is 643. The average molecular weight is 211 g/mol. The van der Waals surface area contributed by atoms with Crippen molar-refractivity contribution in [2.75, 3.05) is 0 Å². The van der Waals surface area contributed by atoms with Crippen LogP contribution in [0.25, 0.3) is 22.2 Å². The highest BCUT2D eigenvalue weighted by Gasteiger charge is 2.05. The maximum atomic E-state index is 9.74. The zero-order valence-electron chi connectivity index (χ0n) is 8.42. The summed E-state index contributed by atoms with van der Waals surface area (Å²) in [5.41, 5.74) is 3.27. The maximum Gasteiger partial charge on any atom is 0.181 e. The number of para-hydroxylation sites is 1. The highest BCUT2D eigenvalue weighted by atomic mass is 16.3. The second kappa shape index (κ2) is 3.38. The van der Waals surface area contributed by atoms with Crippen LogP contribution in [0, 0.1) is 0 Å². The maximum absolute atomic E-state index is 9.74. The van der Waals surface area contributed by atoms with Crippen LogP contribution >= 0.6 is 0 Å². The molecule has 3 nitrogen and oxygen atoms in total. The van der Waals surface area contributed by atoms with Gasteiger partial charge in [0.1, 0.15) is 11.3 Å². The average Bonchev–Trinajstić information content (AvgIpc) is 2.76. The van der Waals surface area contributed by atoms with E-state index in [2.05, 4.69) is 4.98 Å². The van der Waals surface area contributed by atoms with Crippen molar-refractivity contribution in [2.45, 2.75) is 0 Å². The summed E-state index contributed by atoms with van der Waals surface area (Å²) in [7, 11) is 0. The Hall–Kier alpha value is -2.29. The lowest BCUT2D eigenvalue weighted by atomic mass is 10.0. The Kier molecular flexibility index (Phi) is 1.90. The Morgan fingerprint density at radius 2 is 1.94 bits per heavy atom. The van der Waals surface area contributed by atoms with Gasteiger partial charge in [0.15, 0.2) is 12.0 Å². The van der Waals surface area contributed by atoms with Crippen molar-refractivity contribution in [3.63, 3.8) is 0 Å². The van der Waals surface area contributed by atoms with Crippen LogP contribution in [0.2, 0.25) is 0 Å². The van der Waals surface area contributed by atoms with Gasteiger partial charge in [-0.25, -0.2) is 4.98 Å². The standard InChI is InChI=1S/C13H9NO2/c15-12-4-2-1-3-10(12)9-5-6-13-11(7-9)14-8-16-13/h1-8,15H. The molecule has 0 aliphatic carbocycles. The van der Waals surface area contributed by atoms with Gasteiger partial charge >= 0.3 is 0 Å². The summed E-state index contributed by atoms with van der Waals surface area (Å²) in [6.07, 6.45) is 1.42. The van der Waals surface area contributed by atoms with Crippen LogP contribution in [-0.2, 0) is 0 Å². The molecule has 0 amide bonds. The van der Waals surface area contributed by atoms with Gasteiger partial charge in [-0.3, -0.25) is 0 Å². The molecule has 1 N–H and O–H groups in total. The monoisotopic (exact) mass is 211 g/mol. The third-order valence-electron chi connectivity index (χ3n) is 2.55. The molecule has 0 aliphatic heterocycles. The summed E-state index contributed by atoms with van der Waals surface area (Å²) in [4.78, 5) is 4.09. The zero-order chi connectivity index (χ0) is 11.0. The van der Waals surface area contributed by atoms with E-state index >= 15 is 0 Å². The van der Waals surface area contributed by atoms with E-state index in [1.165, 1.54) is 6.39 Å². The quantitative estimate of drug-likeness (QED) is 0.672. The predicted octanol–water partition coefficient (Wildman–Crippen LogP) is 3.20. The van der Waals surface area contributed by atoms with Crippen molar-refractivity contribution >= 4 is 11.1 Å². The number of hydrogen-bond donors (Lipinski definition) is 1. The number of rotatable bonds is 1. The number of benzene rings is 2. The molecule has 1 heterocycles. The number of hydrogen-bond acceptors (Lipinski definition) is 3. The van der Waals surface area contributed by atoms with Crippen LogP contribution in [0.15, 0.2) is 53.3 Å². The Labute approximate surface area is 92.0 Å². The summed E-state index contributed by atoms with van der Waals surface area (Å²) in [5, 5.41) is 9.74. The number of fused-ring (bicyclic) bond motifs is 1. The Morgan fingerprint density at radius 1 is 1.06 bits per heavy atom. The molecule has 0 radical (unpaired) electrons. The van der Waals surface area contributed by atoms with Crippen LogP contribution in [0.3, 0.4) is 0 Å². The highest BCUT2D eigenvalue weighted by molar-refractivity contribution is 5.81. The van der Waals surface area contributed by atoms with Gasteiger partial charge in [0, 0.05) is 5.56 Å². The molecule has 1 aromatic heterocycles. The molecule has 16 heavy (non-hydrogen) atoms. The van der Waals surface area contributed by atoms with Gasteiger partial charge in [-0.1, -0.05) is 24.3 Å². The second-order valence-corrected chi connectivity index (χ2v) is 3.55. The predicted molar refractivity (Wildman–Crippen MR) is 61.1 cm³/mol. The summed E-state index contributed by atoms with van der Waals surface area (Å²) in [6, 6.07) is 12.9. The second-order valence-electron chi connectivity index (χ2n) is 3.55. The molecule has 3 rings (SSSR count). The van der Waals surface area contributed by atoms with Gasteiger partial charge in [-0.05, 0) is 23.8 Å². The molecule has 0 spiro atoms. The smallest absolute Gasteiger partial charge is 0.181 e. The summed E-state index contributed by atoms with van der Waals surface area (Å²) in [6.45, 7) is 0. The Balaban J connectivity index is 2.22. The number of phenolic OH excluding ortho intramolecular Hbond substituents is 1. The van der Waals surface area contributed by atoms with Gasteiger partial charge in [-0.15, -0.1) is 0 Å². The number of oxazole rings is 1.